The first-order valence-corrected chi connectivity index (χ1v) is 7.74. The second-order valence-corrected chi connectivity index (χ2v) is 7.65. The highest BCUT2D eigenvalue weighted by Crippen LogP contribution is 2.41. The van der Waals surface area contributed by atoms with Gasteiger partial charge in [-0.15, -0.1) is 0 Å². The third-order valence-electron chi connectivity index (χ3n) is 5.12. The molecule has 2 rings (SSSR count). The average Bonchev–Trinajstić information content (AvgIpc) is 2.38. The van der Waals surface area contributed by atoms with Gasteiger partial charge in [0, 0.05) is 18.1 Å². The van der Waals surface area contributed by atoms with Crippen molar-refractivity contribution < 1.29 is 0 Å². The van der Waals surface area contributed by atoms with Crippen molar-refractivity contribution in [1.82, 2.24) is 10.2 Å². The van der Waals surface area contributed by atoms with E-state index >= 15 is 0 Å². The summed E-state index contributed by atoms with van der Waals surface area (Å²) in [4.78, 5) is 2.29. The van der Waals surface area contributed by atoms with E-state index in [0.717, 1.165) is 6.54 Å². The summed E-state index contributed by atoms with van der Waals surface area (Å²) in [6.07, 6.45) is 2.48. The summed E-state index contributed by atoms with van der Waals surface area (Å²) in [7, 11) is 4.30. The Kier molecular flexibility index (Phi) is 4.27. The Labute approximate surface area is 124 Å². The van der Waals surface area contributed by atoms with Crippen LogP contribution in [0.2, 0.25) is 0 Å². The first-order valence-electron chi connectivity index (χ1n) is 7.74. The molecule has 0 saturated heterocycles. The topological polar surface area (TPSA) is 15.3 Å². The van der Waals surface area contributed by atoms with Gasteiger partial charge in [0.2, 0.25) is 0 Å². The minimum Gasteiger partial charge on any atom is -0.308 e. The minimum atomic E-state index is 0.182. The first kappa shape index (κ1) is 15.5. The van der Waals surface area contributed by atoms with Crippen LogP contribution in [0.15, 0.2) is 24.3 Å². The maximum Gasteiger partial charge on any atom is 0.0324 e. The monoisotopic (exact) mass is 274 g/mol. The quantitative estimate of drug-likeness (QED) is 0.900. The van der Waals surface area contributed by atoms with E-state index in [1.807, 2.05) is 0 Å². The molecule has 0 bridgehead atoms. The summed E-state index contributed by atoms with van der Waals surface area (Å²) in [5, 5.41) is 3.80. The van der Waals surface area contributed by atoms with E-state index in [1.54, 1.807) is 0 Å². The molecule has 0 aromatic heterocycles. The predicted molar refractivity (Wildman–Crippen MR) is 87.2 cm³/mol. The summed E-state index contributed by atoms with van der Waals surface area (Å²) in [6.45, 7) is 10.3. The van der Waals surface area contributed by atoms with E-state index in [2.05, 4.69) is 76.3 Å². The fourth-order valence-electron chi connectivity index (χ4n) is 2.96. The number of fused-ring (bicyclic) bond motifs is 1. The SMILES string of the molecule is CN(C)C(C)(C)CNC1CCC(C)(C)c2ccccc21. The van der Waals surface area contributed by atoms with Crippen molar-refractivity contribution in [3.8, 4) is 0 Å². The van der Waals surface area contributed by atoms with Crippen molar-refractivity contribution in [1.29, 1.82) is 0 Å². The van der Waals surface area contributed by atoms with E-state index in [0.29, 0.717) is 11.5 Å². The lowest BCUT2D eigenvalue weighted by atomic mass is 9.71. The zero-order valence-electron chi connectivity index (χ0n) is 14.0. The van der Waals surface area contributed by atoms with Gasteiger partial charge in [0.1, 0.15) is 0 Å². The maximum absolute atomic E-state index is 3.80. The zero-order valence-corrected chi connectivity index (χ0v) is 14.0. The summed E-state index contributed by atoms with van der Waals surface area (Å²) in [5.41, 5.74) is 3.51. The van der Waals surface area contributed by atoms with Crippen LogP contribution in [-0.2, 0) is 5.41 Å². The third-order valence-corrected chi connectivity index (χ3v) is 5.12. The van der Waals surface area contributed by atoms with E-state index in [9.17, 15) is 0 Å². The molecule has 20 heavy (non-hydrogen) atoms. The molecule has 0 amide bonds. The Morgan fingerprint density at radius 3 is 2.55 bits per heavy atom. The van der Waals surface area contributed by atoms with Crippen LogP contribution in [-0.4, -0.2) is 31.1 Å². The average molecular weight is 274 g/mol. The summed E-state index contributed by atoms with van der Waals surface area (Å²) >= 11 is 0. The van der Waals surface area contributed by atoms with E-state index < -0.39 is 0 Å². The first-order chi connectivity index (χ1) is 9.24. The van der Waals surface area contributed by atoms with Crippen molar-refractivity contribution in [2.24, 2.45) is 0 Å². The summed E-state index contributed by atoms with van der Waals surface area (Å²) in [5.74, 6) is 0. The van der Waals surface area contributed by atoms with Crippen LogP contribution in [0.25, 0.3) is 0 Å². The molecule has 0 heterocycles. The molecule has 0 radical (unpaired) electrons. The van der Waals surface area contributed by atoms with Crippen LogP contribution in [0.1, 0.15) is 57.7 Å². The number of nitrogens with one attached hydrogen (secondary N) is 1. The molecule has 1 unspecified atom stereocenters. The lowest BCUT2D eigenvalue weighted by molar-refractivity contribution is 0.180. The van der Waals surface area contributed by atoms with Gasteiger partial charge in [0.25, 0.3) is 0 Å². The molecule has 2 nitrogen and oxygen atoms in total. The number of hydrogen-bond donors (Lipinski definition) is 1. The predicted octanol–water partition coefficient (Wildman–Crippen LogP) is 3.73. The zero-order chi connectivity index (χ0) is 15.0. The second-order valence-electron chi connectivity index (χ2n) is 7.65. The highest BCUT2D eigenvalue weighted by atomic mass is 15.2. The van der Waals surface area contributed by atoms with Crippen molar-refractivity contribution in [3.05, 3.63) is 35.4 Å². The van der Waals surface area contributed by atoms with Crippen LogP contribution in [0.5, 0.6) is 0 Å². The third kappa shape index (κ3) is 3.07. The van der Waals surface area contributed by atoms with Crippen molar-refractivity contribution >= 4 is 0 Å². The standard InChI is InChI=1S/C18H30N2/c1-17(2)12-11-16(14-9-7-8-10-15(14)17)19-13-18(3,4)20(5)6/h7-10,16,19H,11-13H2,1-6H3. The Morgan fingerprint density at radius 1 is 1.25 bits per heavy atom. The van der Waals surface area contributed by atoms with Crippen LogP contribution in [0, 0.1) is 0 Å². The van der Waals surface area contributed by atoms with Crippen LogP contribution < -0.4 is 5.32 Å². The normalized spacial score (nSPS) is 21.9. The maximum atomic E-state index is 3.80. The number of likely N-dealkylation sites (N-methyl/N-ethyl adjacent to an activating group) is 1. The molecule has 0 saturated carbocycles. The van der Waals surface area contributed by atoms with Gasteiger partial charge in [-0.25, -0.2) is 0 Å². The highest BCUT2D eigenvalue weighted by Gasteiger charge is 2.33. The van der Waals surface area contributed by atoms with Gasteiger partial charge < -0.3 is 10.2 Å². The Balaban J connectivity index is 2.16. The van der Waals surface area contributed by atoms with E-state index in [1.165, 1.54) is 24.0 Å². The highest BCUT2D eigenvalue weighted by molar-refractivity contribution is 5.38. The van der Waals surface area contributed by atoms with Gasteiger partial charge in [0.15, 0.2) is 0 Å². The molecule has 0 fully saturated rings. The van der Waals surface area contributed by atoms with Crippen molar-refractivity contribution in [2.45, 2.75) is 57.5 Å². The molecular weight excluding hydrogens is 244 g/mol. The van der Waals surface area contributed by atoms with Gasteiger partial charge in [-0.1, -0.05) is 38.1 Å². The van der Waals surface area contributed by atoms with Crippen molar-refractivity contribution in [3.63, 3.8) is 0 Å². The Hall–Kier alpha value is -0.860. The number of hydrogen-bond acceptors (Lipinski definition) is 2. The molecule has 1 aliphatic rings. The molecule has 0 spiro atoms. The molecule has 1 atom stereocenters. The van der Waals surface area contributed by atoms with E-state index in [-0.39, 0.29) is 5.54 Å². The molecule has 2 heteroatoms. The van der Waals surface area contributed by atoms with Crippen LogP contribution in [0.4, 0.5) is 0 Å². The largest absolute Gasteiger partial charge is 0.308 e. The summed E-state index contributed by atoms with van der Waals surface area (Å²) < 4.78 is 0. The second kappa shape index (κ2) is 5.50. The van der Waals surface area contributed by atoms with Gasteiger partial charge in [-0.3, -0.25) is 0 Å². The lowest BCUT2D eigenvalue weighted by Crippen LogP contribution is -2.48. The van der Waals surface area contributed by atoms with Gasteiger partial charge in [0.05, 0.1) is 0 Å². The van der Waals surface area contributed by atoms with Crippen LogP contribution >= 0.6 is 0 Å². The molecule has 0 aliphatic heterocycles. The Bertz CT molecular complexity index is 460. The fourth-order valence-corrected chi connectivity index (χ4v) is 2.96. The Morgan fingerprint density at radius 2 is 1.90 bits per heavy atom. The van der Waals surface area contributed by atoms with E-state index in [4.69, 9.17) is 0 Å². The van der Waals surface area contributed by atoms with Gasteiger partial charge >= 0.3 is 0 Å². The number of rotatable bonds is 4. The fraction of sp³-hybridized carbons (Fsp3) is 0.667. The van der Waals surface area contributed by atoms with Gasteiger partial charge in [-0.05, 0) is 57.3 Å². The smallest absolute Gasteiger partial charge is 0.0324 e. The molecule has 1 aliphatic carbocycles. The molecule has 112 valence electrons. The lowest BCUT2D eigenvalue weighted by Gasteiger charge is -2.40. The van der Waals surface area contributed by atoms with Crippen LogP contribution in [0.3, 0.4) is 0 Å². The molecule has 1 N–H and O–H groups in total. The molecule has 1 aromatic carbocycles. The molecule has 1 aromatic rings. The number of benzene rings is 1. The molecular formula is C18H30N2. The van der Waals surface area contributed by atoms with Gasteiger partial charge in [-0.2, -0.15) is 0 Å². The van der Waals surface area contributed by atoms with Crippen molar-refractivity contribution in [2.75, 3.05) is 20.6 Å². The summed E-state index contributed by atoms with van der Waals surface area (Å²) in [6, 6.07) is 9.45. The number of nitrogens with zero attached hydrogens (tertiary/aromatic N) is 1. The minimum absolute atomic E-state index is 0.182.